The number of hydrogen-bond acceptors (Lipinski definition) is 4. The summed E-state index contributed by atoms with van der Waals surface area (Å²) >= 11 is 0.456. The minimum atomic E-state index is -2.47. The number of carbonyl (C=O) groups excluding carboxylic acids is 1. The Morgan fingerprint density at radius 2 is 1.96 bits per heavy atom. The van der Waals surface area contributed by atoms with Crippen molar-refractivity contribution in [2.24, 2.45) is 0 Å². The van der Waals surface area contributed by atoms with Crippen LogP contribution >= 0.6 is 11.8 Å². The summed E-state index contributed by atoms with van der Waals surface area (Å²) < 4.78 is 26.5. The van der Waals surface area contributed by atoms with Gasteiger partial charge in [-0.1, -0.05) is 11.8 Å². The number of aromatic nitrogens is 3. The number of rotatable bonds is 6. The standard InChI is InChI=1S/C15H18F2N4OS/c1-10(2)21-9-18-19-13(21)8-20(3)14(22)11-4-6-12(7-5-11)23-15(16)17/h4-7,9-10,15H,8H2,1-3H3. The van der Waals surface area contributed by atoms with Gasteiger partial charge in [-0.3, -0.25) is 4.79 Å². The lowest BCUT2D eigenvalue weighted by molar-refractivity contribution is 0.0779. The van der Waals surface area contributed by atoms with Gasteiger partial charge in [0, 0.05) is 23.5 Å². The Morgan fingerprint density at radius 1 is 1.30 bits per heavy atom. The molecule has 0 atom stereocenters. The maximum Gasteiger partial charge on any atom is 0.288 e. The monoisotopic (exact) mass is 340 g/mol. The molecule has 0 aliphatic rings. The number of nitrogens with zero attached hydrogens (tertiary/aromatic N) is 4. The summed E-state index contributed by atoms with van der Waals surface area (Å²) in [6.07, 6.45) is 1.63. The molecule has 8 heteroatoms. The molecule has 1 aromatic carbocycles. The number of alkyl halides is 2. The van der Waals surface area contributed by atoms with Gasteiger partial charge >= 0.3 is 0 Å². The summed E-state index contributed by atoms with van der Waals surface area (Å²) in [6, 6.07) is 6.35. The van der Waals surface area contributed by atoms with Gasteiger partial charge in [0.2, 0.25) is 0 Å². The average Bonchev–Trinajstić information content (AvgIpc) is 2.95. The van der Waals surface area contributed by atoms with Crippen molar-refractivity contribution in [3.63, 3.8) is 0 Å². The number of amides is 1. The predicted octanol–water partition coefficient (Wildman–Crippen LogP) is 3.45. The highest BCUT2D eigenvalue weighted by Crippen LogP contribution is 2.25. The van der Waals surface area contributed by atoms with Gasteiger partial charge in [-0.05, 0) is 38.1 Å². The van der Waals surface area contributed by atoms with E-state index in [4.69, 9.17) is 0 Å². The van der Waals surface area contributed by atoms with Gasteiger partial charge in [0.05, 0.1) is 6.54 Å². The first-order valence-electron chi connectivity index (χ1n) is 7.07. The van der Waals surface area contributed by atoms with Crippen LogP contribution in [0.2, 0.25) is 0 Å². The second-order valence-corrected chi connectivity index (χ2v) is 6.38. The van der Waals surface area contributed by atoms with Crippen LogP contribution in [-0.4, -0.2) is 38.4 Å². The second kappa shape index (κ2) is 7.54. The molecule has 5 nitrogen and oxygen atoms in total. The van der Waals surface area contributed by atoms with Gasteiger partial charge in [-0.2, -0.15) is 8.78 Å². The zero-order valence-corrected chi connectivity index (χ0v) is 13.9. The van der Waals surface area contributed by atoms with Crippen LogP contribution in [0, 0.1) is 0 Å². The molecule has 0 aliphatic carbocycles. The average molecular weight is 340 g/mol. The van der Waals surface area contributed by atoms with Crippen molar-refractivity contribution in [2.45, 2.75) is 37.1 Å². The van der Waals surface area contributed by atoms with E-state index in [1.807, 2.05) is 18.4 Å². The highest BCUT2D eigenvalue weighted by atomic mass is 32.2. The first kappa shape index (κ1) is 17.4. The molecule has 0 fully saturated rings. The van der Waals surface area contributed by atoms with Gasteiger partial charge in [0.25, 0.3) is 11.7 Å². The number of halogens is 2. The molecule has 1 aromatic heterocycles. The van der Waals surface area contributed by atoms with E-state index < -0.39 is 5.76 Å². The molecule has 0 N–H and O–H groups in total. The summed E-state index contributed by atoms with van der Waals surface area (Å²) in [5.41, 5.74) is 0.446. The maximum absolute atomic E-state index is 12.4. The molecular formula is C15H18F2N4OS. The minimum absolute atomic E-state index is 0.197. The van der Waals surface area contributed by atoms with Crippen molar-refractivity contribution in [3.8, 4) is 0 Å². The van der Waals surface area contributed by atoms with Crippen LogP contribution in [0.4, 0.5) is 8.78 Å². The highest BCUT2D eigenvalue weighted by molar-refractivity contribution is 7.99. The quantitative estimate of drug-likeness (QED) is 0.756. The molecule has 2 aromatic rings. The lowest BCUT2D eigenvalue weighted by Crippen LogP contribution is -2.28. The first-order valence-corrected chi connectivity index (χ1v) is 7.95. The van der Waals surface area contributed by atoms with Crippen molar-refractivity contribution < 1.29 is 13.6 Å². The molecule has 23 heavy (non-hydrogen) atoms. The molecule has 0 unspecified atom stereocenters. The number of hydrogen-bond donors (Lipinski definition) is 0. The third-order valence-electron chi connectivity index (χ3n) is 3.26. The van der Waals surface area contributed by atoms with Crippen LogP contribution in [-0.2, 0) is 6.54 Å². The van der Waals surface area contributed by atoms with Gasteiger partial charge in [0.15, 0.2) is 5.82 Å². The summed E-state index contributed by atoms with van der Waals surface area (Å²) in [5, 5.41) is 7.90. The Hall–Kier alpha value is -1.96. The van der Waals surface area contributed by atoms with Crippen LogP contribution in [0.3, 0.4) is 0 Å². The molecule has 0 bridgehead atoms. The smallest absolute Gasteiger partial charge is 0.288 e. The Labute approximate surface area is 137 Å². The Kier molecular flexibility index (Phi) is 5.70. The number of benzene rings is 1. The number of thioether (sulfide) groups is 1. The van der Waals surface area contributed by atoms with E-state index in [1.165, 1.54) is 17.0 Å². The largest absolute Gasteiger partial charge is 0.334 e. The lowest BCUT2D eigenvalue weighted by Gasteiger charge is -2.18. The molecule has 2 rings (SSSR count). The van der Waals surface area contributed by atoms with Crippen molar-refractivity contribution in [3.05, 3.63) is 42.0 Å². The molecule has 1 amide bonds. The van der Waals surface area contributed by atoms with Crippen LogP contribution in [0.25, 0.3) is 0 Å². The first-order chi connectivity index (χ1) is 10.9. The maximum atomic E-state index is 12.4. The van der Waals surface area contributed by atoms with Crippen molar-refractivity contribution in [2.75, 3.05) is 7.05 Å². The highest BCUT2D eigenvalue weighted by Gasteiger charge is 2.16. The van der Waals surface area contributed by atoms with Crippen LogP contribution in [0.15, 0.2) is 35.5 Å². The Balaban J connectivity index is 2.06. The molecule has 0 radical (unpaired) electrons. The summed E-state index contributed by atoms with van der Waals surface area (Å²) in [4.78, 5) is 14.4. The minimum Gasteiger partial charge on any atom is -0.334 e. The Morgan fingerprint density at radius 3 is 2.52 bits per heavy atom. The normalized spacial score (nSPS) is 11.3. The van der Waals surface area contributed by atoms with Gasteiger partial charge in [-0.25, -0.2) is 0 Å². The summed E-state index contributed by atoms with van der Waals surface area (Å²) in [5.74, 6) is -1.97. The van der Waals surface area contributed by atoms with Crippen molar-refractivity contribution >= 4 is 17.7 Å². The predicted molar refractivity (Wildman–Crippen MR) is 84.5 cm³/mol. The van der Waals surface area contributed by atoms with E-state index in [9.17, 15) is 13.6 Å². The molecule has 0 saturated carbocycles. The lowest BCUT2D eigenvalue weighted by atomic mass is 10.2. The van der Waals surface area contributed by atoms with E-state index >= 15 is 0 Å². The van der Waals surface area contributed by atoms with Gasteiger partial charge in [-0.15, -0.1) is 10.2 Å². The fraction of sp³-hybridized carbons (Fsp3) is 0.400. The Bertz CT molecular complexity index is 658. The molecule has 0 spiro atoms. The van der Waals surface area contributed by atoms with E-state index in [0.717, 1.165) is 0 Å². The third kappa shape index (κ3) is 4.51. The summed E-state index contributed by atoms with van der Waals surface area (Å²) in [6.45, 7) is 4.34. The molecule has 124 valence electrons. The molecular weight excluding hydrogens is 322 g/mol. The third-order valence-corrected chi connectivity index (χ3v) is 3.98. The van der Waals surface area contributed by atoms with Crippen molar-refractivity contribution in [1.82, 2.24) is 19.7 Å². The van der Waals surface area contributed by atoms with Gasteiger partial charge < -0.3 is 9.47 Å². The van der Waals surface area contributed by atoms with E-state index in [2.05, 4.69) is 10.2 Å². The molecule has 1 heterocycles. The van der Waals surface area contributed by atoms with E-state index in [-0.39, 0.29) is 11.9 Å². The zero-order valence-electron chi connectivity index (χ0n) is 13.1. The SMILES string of the molecule is CC(C)n1cnnc1CN(C)C(=O)c1ccc(SC(F)F)cc1. The second-order valence-electron chi connectivity index (χ2n) is 5.31. The summed E-state index contributed by atoms with van der Waals surface area (Å²) in [7, 11) is 1.67. The van der Waals surface area contributed by atoms with Crippen molar-refractivity contribution in [1.29, 1.82) is 0 Å². The fourth-order valence-corrected chi connectivity index (χ4v) is 2.59. The molecule has 0 saturated heterocycles. The van der Waals surface area contributed by atoms with Crippen LogP contribution in [0.1, 0.15) is 36.1 Å². The van der Waals surface area contributed by atoms with E-state index in [1.54, 1.807) is 25.5 Å². The number of carbonyl (C=O) groups is 1. The molecule has 0 aliphatic heterocycles. The van der Waals surface area contributed by atoms with E-state index in [0.29, 0.717) is 34.6 Å². The zero-order chi connectivity index (χ0) is 17.0. The van der Waals surface area contributed by atoms with Crippen LogP contribution in [0.5, 0.6) is 0 Å². The van der Waals surface area contributed by atoms with Gasteiger partial charge in [0.1, 0.15) is 6.33 Å². The fourth-order valence-electron chi connectivity index (χ4n) is 2.09. The topological polar surface area (TPSA) is 51.0 Å². The van der Waals surface area contributed by atoms with Crippen LogP contribution < -0.4 is 0 Å².